The number of nitrogens with one attached hydrogen (secondary N) is 1. The van der Waals surface area contributed by atoms with Crippen molar-refractivity contribution in [2.75, 3.05) is 13.1 Å². The lowest BCUT2D eigenvalue weighted by Gasteiger charge is -2.32. The van der Waals surface area contributed by atoms with E-state index in [1.807, 2.05) is 11.6 Å². The highest BCUT2D eigenvalue weighted by Gasteiger charge is 2.37. The van der Waals surface area contributed by atoms with Crippen LogP contribution in [0.2, 0.25) is 0 Å². The van der Waals surface area contributed by atoms with Crippen LogP contribution in [0.15, 0.2) is 6.33 Å². The molecule has 1 atom stereocenters. The van der Waals surface area contributed by atoms with E-state index >= 15 is 0 Å². The van der Waals surface area contributed by atoms with Crippen molar-refractivity contribution in [3.63, 3.8) is 0 Å². The minimum absolute atomic E-state index is 0.0302. The molecule has 2 heterocycles. The van der Waals surface area contributed by atoms with E-state index in [9.17, 15) is 8.42 Å². The lowest BCUT2D eigenvalue weighted by atomic mass is 10.1. The van der Waals surface area contributed by atoms with Gasteiger partial charge in [-0.1, -0.05) is 0 Å². The van der Waals surface area contributed by atoms with Gasteiger partial charge in [0.15, 0.2) is 0 Å². The Kier molecular flexibility index (Phi) is 3.78. The summed E-state index contributed by atoms with van der Waals surface area (Å²) in [6.07, 6.45) is 5.24. The lowest BCUT2D eigenvalue weighted by molar-refractivity contribution is 0.188. The Morgan fingerprint density at radius 3 is 2.85 bits per heavy atom. The van der Waals surface area contributed by atoms with Crippen molar-refractivity contribution < 1.29 is 8.42 Å². The fourth-order valence-electron chi connectivity index (χ4n) is 2.65. The predicted octanol–water partition coefficient (Wildman–Crippen LogP) is -0.139. The van der Waals surface area contributed by atoms with E-state index in [1.165, 1.54) is 0 Å². The summed E-state index contributed by atoms with van der Waals surface area (Å²) in [5.41, 5.74) is 0. The maximum absolute atomic E-state index is 12.0. The molecular formula is C12H21N5O2S. The summed E-state index contributed by atoms with van der Waals surface area (Å²) in [4.78, 5) is 2.24. The number of rotatable bonds is 5. The van der Waals surface area contributed by atoms with Gasteiger partial charge in [0.05, 0.1) is 11.8 Å². The molecule has 0 aromatic carbocycles. The number of piperidine rings is 1. The zero-order valence-electron chi connectivity index (χ0n) is 11.7. The molecule has 1 aliphatic carbocycles. The van der Waals surface area contributed by atoms with Crippen molar-refractivity contribution in [1.82, 2.24) is 24.4 Å². The van der Waals surface area contributed by atoms with Crippen molar-refractivity contribution in [3.8, 4) is 0 Å². The highest BCUT2D eigenvalue weighted by atomic mass is 32.2. The second-order valence-electron chi connectivity index (χ2n) is 5.79. The molecule has 0 amide bonds. The minimum atomic E-state index is -3.09. The molecular weight excluding hydrogens is 278 g/mol. The topological polar surface area (TPSA) is 80.1 Å². The van der Waals surface area contributed by atoms with Crippen LogP contribution in [0.4, 0.5) is 0 Å². The minimum Gasteiger partial charge on any atom is -0.320 e. The molecule has 1 N–H and O–H groups in total. The number of hydrogen-bond donors (Lipinski definition) is 1. The van der Waals surface area contributed by atoms with Crippen LogP contribution in [0.3, 0.4) is 0 Å². The van der Waals surface area contributed by atoms with Gasteiger partial charge in [-0.25, -0.2) is 13.1 Å². The third-order valence-electron chi connectivity index (χ3n) is 3.97. The van der Waals surface area contributed by atoms with Gasteiger partial charge in [-0.05, 0) is 32.2 Å². The van der Waals surface area contributed by atoms with Crippen molar-refractivity contribution in [1.29, 1.82) is 0 Å². The summed E-state index contributed by atoms with van der Waals surface area (Å²) in [6, 6.07) is 0.0302. The molecule has 8 heteroatoms. The van der Waals surface area contributed by atoms with E-state index < -0.39 is 10.0 Å². The molecule has 1 saturated heterocycles. The fraction of sp³-hybridized carbons (Fsp3) is 0.833. The summed E-state index contributed by atoms with van der Waals surface area (Å²) in [5.74, 6) is 0.913. The molecule has 112 valence electrons. The first-order valence-electron chi connectivity index (χ1n) is 7.11. The van der Waals surface area contributed by atoms with Crippen molar-refractivity contribution in [2.45, 2.75) is 43.5 Å². The fourth-order valence-corrected chi connectivity index (χ4v) is 4.26. The summed E-state index contributed by atoms with van der Waals surface area (Å²) in [5, 5.41) is 7.81. The quantitative estimate of drug-likeness (QED) is 0.818. The molecule has 1 aromatic heterocycles. The van der Waals surface area contributed by atoms with Gasteiger partial charge in [0, 0.05) is 19.6 Å². The number of aryl methyl sites for hydroxylation is 1. The standard InChI is InChI=1S/C12H21N5O2S/c1-16-9-13-14-12(16)8-17-6-2-3-10(7-17)15-20(18,19)11-4-5-11/h9-11,15H,2-8H2,1H3. The van der Waals surface area contributed by atoms with E-state index in [0.717, 1.165) is 51.1 Å². The summed E-state index contributed by atoms with van der Waals surface area (Å²) in [7, 11) is -1.17. The zero-order chi connectivity index (χ0) is 14.2. The molecule has 0 radical (unpaired) electrons. The largest absolute Gasteiger partial charge is 0.320 e. The number of sulfonamides is 1. The Morgan fingerprint density at radius 2 is 2.20 bits per heavy atom. The third-order valence-corrected chi connectivity index (χ3v) is 5.98. The Balaban J connectivity index is 1.57. The van der Waals surface area contributed by atoms with E-state index in [-0.39, 0.29) is 11.3 Å². The summed E-state index contributed by atoms with van der Waals surface area (Å²) < 4.78 is 28.7. The average Bonchev–Trinajstić information content (AvgIpc) is 3.17. The van der Waals surface area contributed by atoms with Crippen molar-refractivity contribution >= 4 is 10.0 Å². The SMILES string of the molecule is Cn1cnnc1CN1CCCC(NS(=O)(=O)C2CC2)C1. The monoisotopic (exact) mass is 299 g/mol. The third kappa shape index (κ3) is 3.18. The molecule has 7 nitrogen and oxygen atoms in total. The first kappa shape index (κ1) is 14.0. The Bertz CT molecular complexity index is 566. The normalized spacial score (nSPS) is 24.9. The molecule has 1 unspecified atom stereocenters. The van der Waals surface area contributed by atoms with E-state index in [0.29, 0.717) is 0 Å². The molecule has 0 bridgehead atoms. The zero-order valence-corrected chi connectivity index (χ0v) is 12.5. The van der Waals surface area contributed by atoms with Gasteiger partial charge in [-0.15, -0.1) is 10.2 Å². The molecule has 2 aliphatic rings. The Hall–Kier alpha value is -0.990. The number of hydrogen-bond acceptors (Lipinski definition) is 5. The van der Waals surface area contributed by atoms with Crippen LogP contribution in [0, 0.1) is 0 Å². The molecule has 20 heavy (non-hydrogen) atoms. The van der Waals surface area contributed by atoms with Gasteiger partial charge in [0.2, 0.25) is 10.0 Å². The van der Waals surface area contributed by atoms with Crippen LogP contribution in [0.25, 0.3) is 0 Å². The van der Waals surface area contributed by atoms with Crippen LogP contribution < -0.4 is 4.72 Å². The predicted molar refractivity (Wildman–Crippen MR) is 74.4 cm³/mol. The smallest absolute Gasteiger partial charge is 0.214 e. The second kappa shape index (κ2) is 5.42. The van der Waals surface area contributed by atoms with E-state index in [4.69, 9.17) is 0 Å². The van der Waals surface area contributed by atoms with Crippen LogP contribution in [0.5, 0.6) is 0 Å². The number of nitrogens with zero attached hydrogens (tertiary/aromatic N) is 4. The first-order chi connectivity index (χ1) is 9.54. The molecule has 3 rings (SSSR count). The Labute approximate surface area is 119 Å². The lowest BCUT2D eigenvalue weighted by Crippen LogP contribution is -2.48. The summed E-state index contributed by atoms with van der Waals surface area (Å²) in [6.45, 7) is 2.45. The van der Waals surface area contributed by atoms with Gasteiger partial charge in [-0.3, -0.25) is 4.90 Å². The second-order valence-corrected chi connectivity index (χ2v) is 7.79. The molecule has 2 fully saturated rings. The maximum atomic E-state index is 12.0. The molecule has 1 saturated carbocycles. The molecule has 0 spiro atoms. The van der Waals surface area contributed by atoms with Gasteiger partial charge in [-0.2, -0.15) is 0 Å². The van der Waals surface area contributed by atoms with E-state index in [2.05, 4.69) is 19.8 Å². The van der Waals surface area contributed by atoms with Crippen LogP contribution >= 0.6 is 0 Å². The van der Waals surface area contributed by atoms with E-state index in [1.54, 1.807) is 6.33 Å². The highest BCUT2D eigenvalue weighted by Crippen LogP contribution is 2.28. The van der Waals surface area contributed by atoms with Crippen LogP contribution in [0.1, 0.15) is 31.5 Å². The first-order valence-corrected chi connectivity index (χ1v) is 8.65. The van der Waals surface area contributed by atoms with Gasteiger partial charge >= 0.3 is 0 Å². The molecule has 1 aliphatic heterocycles. The number of aromatic nitrogens is 3. The van der Waals surface area contributed by atoms with Crippen molar-refractivity contribution in [2.24, 2.45) is 7.05 Å². The van der Waals surface area contributed by atoms with Crippen LogP contribution in [-0.2, 0) is 23.6 Å². The van der Waals surface area contributed by atoms with Gasteiger partial charge in [0.1, 0.15) is 12.2 Å². The number of likely N-dealkylation sites (tertiary alicyclic amines) is 1. The summed E-state index contributed by atoms with van der Waals surface area (Å²) >= 11 is 0. The van der Waals surface area contributed by atoms with Gasteiger partial charge < -0.3 is 4.57 Å². The van der Waals surface area contributed by atoms with Crippen molar-refractivity contribution in [3.05, 3.63) is 12.2 Å². The van der Waals surface area contributed by atoms with Gasteiger partial charge in [0.25, 0.3) is 0 Å². The highest BCUT2D eigenvalue weighted by molar-refractivity contribution is 7.90. The Morgan fingerprint density at radius 1 is 1.40 bits per heavy atom. The average molecular weight is 299 g/mol. The maximum Gasteiger partial charge on any atom is 0.214 e. The van der Waals surface area contributed by atoms with Crippen LogP contribution in [-0.4, -0.2) is 52.5 Å². The molecule has 1 aromatic rings.